The minimum atomic E-state index is -0.527. The molecule has 1 aliphatic heterocycles. The number of carbonyl (C=O) groups is 1. The Balaban J connectivity index is 1.62. The predicted octanol–water partition coefficient (Wildman–Crippen LogP) is 1.34. The number of ether oxygens (including phenoxy) is 2. The summed E-state index contributed by atoms with van der Waals surface area (Å²) in [6.45, 7) is 2.85. The second-order valence-corrected chi connectivity index (χ2v) is 6.74. The summed E-state index contributed by atoms with van der Waals surface area (Å²) in [7, 11) is 3.15. The summed E-state index contributed by atoms with van der Waals surface area (Å²) in [5, 5.41) is 17.5. The summed E-state index contributed by atoms with van der Waals surface area (Å²) in [6, 6.07) is 7.44. The van der Waals surface area contributed by atoms with Crippen molar-refractivity contribution in [3.8, 4) is 11.5 Å². The van der Waals surface area contributed by atoms with Crippen LogP contribution < -0.4 is 9.47 Å². The van der Waals surface area contributed by atoms with Gasteiger partial charge in [-0.1, -0.05) is 6.07 Å². The number of hydrogen-bond donors (Lipinski definition) is 2. The number of β-amino-alcohol motifs (C(OH)–C–C–N with tert-alkyl or cyclic N) is 1. The molecule has 0 spiro atoms. The number of aliphatic hydroxyl groups excluding tert-OH is 1. The highest BCUT2D eigenvalue weighted by Crippen LogP contribution is 2.28. The monoisotopic (exact) mass is 359 g/mol. The molecule has 1 amide bonds. The average Bonchev–Trinajstić information content (AvgIpc) is 3.21. The van der Waals surface area contributed by atoms with Crippen molar-refractivity contribution in [2.45, 2.75) is 25.9 Å². The fourth-order valence-electron chi connectivity index (χ4n) is 3.38. The Bertz CT molecular complexity index is 774. The molecule has 7 nitrogen and oxygen atoms in total. The number of aryl methyl sites for hydroxylation is 1. The van der Waals surface area contributed by atoms with Crippen LogP contribution in [0.1, 0.15) is 17.0 Å². The maximum Gasteiger partial charge on any atom is 0.227 e. The number of benzene rings is 1. The minimum Gasteiger partial charge on any atom is -0.493 e. The highest BCUT2D eigenvalue weighted by molar-refractivity contribution is 5.79. The standard InChI is InChI=1S/C19H25N3O4/c1-12-6-15(21-20-12)9-14-10-22(11-16(14)23)19(24)8-13-4-5-17(25-2)18(7-13)26-3/h4-7,14,16,23H,8-11H2,1-3H3,(H,20,21). The van der Waals surface area contributed by atoms with Gasteiger partial charge in [0.1, 0.15) is 0 Å². The lowest BCUT2D eigenvalue weighted by atomic mass is 10.0. The van der Waals surface area contributed by atoms with Crippen LogP contribution in [0.15, 0.2) is 24.3 Å². The number of hydrogen-bond acceptors (Lipinski definition) is 5. The zero-order chi connectivity index (χ0) is 18.7. The van der Waals surface area contributed by atoms with E-state index in [9.17, 15) is 9.90 Å². The van der Waals surface area contributed by atoms with E-state index in [1.165, 1.54) is 0 Å². The number of amides is 1. The van der Waals surface area contributed by atoms with E-state index in [1.54, 1.807) is 25.2 Å². The van der Waals surface area contributed by atoms with Crippen LogP contribution in [0, 0.1) is 12.8 Å². The Morgan fingerprint density at radius 1 is 1.27 bits per heavy atom. The number of aliphatic hydroxyl groups is 1. The molecular formula is C19H25N3O4. The summed E-state index contributed by atoms with van der Waals surface area (Å²) in [6.07, 6.45) is 0.397. The van der Waals surface area contributed by atoms with E-state index in [0.29, 0.717) is 31.0 Å². The van der Waals surface area contributed by atoms with Crippen molar-refractivity contribution >= 4 is 5.91 Å². The Morgan fingerprint density at radius 2 is 2.04 bits per heavy atom. The maximum absolute atomic E-state index is 12.6. The van der Waals surface area contributed by atoms with Gasteiger partial charge < -0.3 is 19.5 Å². The molecular weight excluding hydrogens is 334 g/mol. The number of rotatable bonds is 6. The molecule has 26 heavy (non-hydrogen) atoms. The van der Waals surface area contributed by atoms with Gasteiger partial charge >= 0.3 is 0 Å². The molecule has 2 atom stereocenters. The van der Waals surface area contributed by atoms with Crippen LogP contribution in [-0.4, -0.2) is 59.5 Å². The zero-order valence-electron chi connectivity index (χ0n) is 15.4. The first kappa shape index (κ1) is 18.3. The van der Waals surface area contributed by atoms with Gasteiger partial charge in [-0.3, -0.25) is 9.89 Å². The molecule has 2 aromatic rings. The molecule has 1 aromatic heterocycles. The molecule has 1 saturated heterocycles. The lowest BCUT2D eigenvalue weighted by Gasteiger charge is -2.16. The lowest BCUT2D eigenvalue weighted by Crippen LogP contribution is -2.31. The van der Waals surface area contributed by atoms with Crippen molar-refractivity contribution in [2.24, 2.45) is 5.92 Å². The minimum absolute atomic E-state index is 0.00280. The number of aromatic nitrogens is 2. The molecule has 1 aliphatic rings. The SMILES string of the molecule is COc1ccc(CC(=O)N2CC(O)C(Cc3cc(C)[nH]n3)C2)cc1OC. The summed E-state index contributed by atoms with van der Waals surface area (Å²) in [5.41, 5.74) is 2.77. The molecule has 0 radical (unpaired) electrons. The van der Waals surface area contributed by atoms with Crippen LogP contribution in [0.25, 0.3) is 0 Å². The van der Waals surface area contributed by atoms with E-state index in [4.69, 9.17) is 9.47 Å². The Kier molecular flexibility index (Phi) is 5.46. The molecule has 2 N–H and O–H groups in total. The normalized spacial score (nSPS) is 19.6. The molecule has 1 fully saturated rings. The highest BCUT2D eigenvalue weighted by Gasteiger charge is 2.34. The topological polar surface area (TPSA) is 87.7 Å². The van der Waals surface area contributed by atoms with E-state index >= 15 is 0 Å². The van der Waals surface area contributed by atoms with Gasteiger partial charge in [-0.05, 0) is 37.1 Å². The van der Waals surface area contributed by atoms with E-state index < -0.39 is 6.10 Å². The first-order valence-corrected chi connectivity index (χ1v) is 8.67. The largest absolute Gasteiger partial charge is 0.493 e. The second kappa shape index (κ2) is 7.78. The van der Waals surface area contributed by atoms with Crippen molar-refractivity contribution < 1.29 is 19.4 Å². The first-order chi connectivity index (χ1) is 12.5. The molecule has 7 heteroatoms. The second-order valence-electron chi connectivity index (χ2n) is 6.74. The van der Waals surface area contributed by atoms with Crippen molar-refractivity contribution in [2.75, 3.05) is 27.3 Å². The number of H-pyrrole nitrogens is 1. The number of methoxy groups -OCH3 is 2. The van der Waals surface area contributed by atoms with Gasteiger partial charge in [0.15, 0.2) is 11.5 Å². The number of nitrogens with one attached hydrogen (secondary N) is 1. The molecule has 3 rings (SSSR count). The number of nitrogens with zero attached hydrogens (tertiary/aromatic N) is 2. The molecule has 2 heterocycles. The lowest BCUT2D eigenvalue weighted by molar-refractivity contribution is -0.129. The predicted molar refractivity (Wildman–Crippen MR) is 96.4 cm³/mol. The van der Waals surface area contributed by atoms with Gasteiger partial charge in [-0.15, -0.1) is 0 Å². The highest BCUT2D eigenvalue weighted by atomic mass is 16.5. The molecule has 140 valence electrons. The maximum atomic E-state index is 12.6. The van der Waals surface area contributed by atoms with Crippen LogP contribution >= 0.6 is 0 Å². The molecule has 0 bridgehead atoms. The third kappa shape index (κ3) is 3.99. The van der Waals surface area contributed by atoms with Crippen molar-refractivity contribution in [3.63, 3.8) is 0 Å². The van der Waals surface area contributed by atoms with Crippen LogP contribution in [0.2, 0.25) is 0 Å². The average molecular weight is 359 g/mol. The summed E-state index contributed by atoms with van der Waals surface area (Å²) in [5.74, 6) is 1.24. The molecule has 0 saturated carbocycles. The van der Waals surface area contributed by atoms with Crippen molar-refractivity contribution in [3.05, 3.63) is 41.2 Å². The van der Waals surface area contributed by atoms with Gasteiger partial charge in [0.2, 0.25) is 5.91 Å². The number of aromatic amines is 1. The zero-order valence-corrected chi connectivity index (χ0v) is 15.4. The van der Waals surface area contributed by atoms with Gasteiger partial charge in [0, 0.05) is 24.7 Å². The Hall–Kier alpha value is -2.54. The first-order valence-electron chi connectivity index (χ1n) is 8.67. The van der Waals surface area contributed by atoms with E-state index in [2.05, 4.69) is 10.2 Å². The number of likely N-dealkylation sites (tertiary alicyclic amines) is 1. The third-order valence-corrected chi connectivity index (χ3v) is 4.79. The number of carbonyl (C=O) groups excluding carboxylic acids is 1. The van der Waals surface area contributed by atoms with E-state index in [1.807, 2.05) is 25.1 Å². The van der Waals surface area contributed by atoms with Crippen LogP contribution in [0.4, 0.5) is 0 Å². The van der Waals surface area contributed by atoms with E-state index in [-0.39, 0.29) is 18.2 Å². The van der Waals surface area contributed by atoms with E-state index in [0.717, 1.165) is 17.0 Å². The summed E-state index contributed by atoms with van der Waals surface area (Å²) >= 11 is 0. The Morgan fingerprint density at radius 3 is 2.69 bits per heavy atom. The fraction of sp³-hybridized carbons (Fsp3) is 0.474. The van der Waals surface area contributed by atoms with Gasteiger partial charge in [-0.25, -0.2) is 0 Å². The van der Waals surface area contributed by atoms with Crippen LogP contribution in [0.5, 0.6) is 11.5 Å². The summed E-state index contributed by atoms with van der Waals surface area (Å²) in [4.78, 5) is 14.4. The van der Waals surface area contributed by atoms with Crippen molar-refractivity contribution in [1.82, 2.24) is 15.1 Å². The third-order valence-electron chi connectivity index (χ3n) is 4.79. The van der Waals surface area contributed by atoms with Gasteiger partial charge in [0.25, 0.3) is 0 Å². The van der Waals surface area contributed by atoms with Crippen LogP contribution in [0.3, 0.4) is 0 Å². The fourth-order valence-corrected chi connectivity index (χ4v) is 3.38. The van der Waals surface area contributed by atoms with Crippen molar-refractivity contribution in [1.29, 1.82) is 0 Å². The van der Waals surface area contributed by atoms with Crippen LogP contribution in [-0.2, 0) is 17.6 Å². The van der Waals surface area contributed by atoms with Gasteiger partial charge in [-0.2, -0.15) is 5.10 Å². The molecule has 2 unspecified atom stereocenters. The molecule has 0 aliphatic carbocycles. The molecule has 1 aromatic carbocycles. The van der Waals surface area contributed by atoms with Gasteiger partial charge in [0.05, 0.1) is 32.4 Å². The quantitative estimate of drug-likeness (QED) is 0.813. The Labute approximate surface area is 152 Å². The summed E-state index contributed by atoms with van der Waals surface area (Å²) < 4.78 is 10.5. The smallest absolute Gasteiger partial charge is 0.227 e.